The van der Waals surface area contributed by atoms with E-state index in [4.69, 9.17) is 5.73 Å². The molecule has 0 spiro atoms. The molecule has 1 rings (SSSR count). The first-order chi connectivity index (χ1) is 8.49. The number of carbonyl (C=O) groups excluding carboxylic acids is 1. The van der Waals surface area contributed by atoms with Crippen LogP contribution < -0.4 is 5.73 Å². The molecule has 1 aliphatic carbocycles. The van der Waals surface area contributed by atoms with Crippen LogP contribution in [0.25, 0.3) is 0 Å². The Hall–Kier alpha value is -0.830. The molecule has 1 unspecified atom stereocenters. The lowest BCUT2D eigenvalue weighted by Gasteiger charge is -2.26. The van der Waals surface area contributed by atoms with Crippen LogP contribution in [0.3, 0.4) is 0 Å². The highest BCUT2D eigenvalue weighted by Crippen LogP contribution is 2.30. The minimum absolute atomic E-state index is 0.168. The van der Waals surface area contributed by atoms with Crippen LogP contribution in [-0.2, 0) is 14.6 Å². The third-order valence-electron chi connectivity index (χ3n) is 2.74. The Balaban J connectivity index is 2.61. The average Bonchev–Trinajstić information content (AvgIpc) is 3.02. The fourth-order valence-corrected chi connectivity index (χ4v) is 2.33. The molecule has 19 heavy (non-hydrogen) atoms. The van der Waals surface area contributed by atoms with Crippen molar-refractivity contribution in [3.63, 3.8) is 0 Å². The van der Waals surface area contributed by atoms with Crippen LogP contribution in [-0.4, -0.2) is 56.0 Å². The largest absolute Gasteiger partial charge is 0.406 e. The summed E-state index contributed by atoms with van der Waals surface area (Å²) in [5.74, 6) is -1.15. The fraction of sp³-hybridized carbons (Fsp3) is 0.900. The van der Waals surface area contributed by atoms with Crippen LogP contribution >= 0.6 is 0 Å². The van der Waals surface area contributed by atoms with Crippen molar-refractivity contribution in [3.05, 3.63) is 0 Å². The lowest BCUT2D eigenvalue weighted by molar-refractivity contribution is -0.163. The summed E-state index contributed by atoms with van der Waals surface area (Å²) in [5.41, 5.74) is 5.49. The lowest BCUT2D eigenvalue weighted by Crippen LogP contribution is -2.49. The van der Waals surface area contributed by atoms with E-state index in [9.17, 15) is 26.4 Å². The van der Waals surface area contributed by atoms with Gasteiger partial charge in [-0.1, -0.05) is 0 Å². The summed E-state index contributed by atoms with van der Waals surface area (Å²) in [6.07, 6.45) is -2.60. The lowest BCUT2D eigenvalue weighted by atomic mass is 10.2. The van der Waals surface area contributed by atoms with Crippen molar-refractivity contribution < 1.29 is 26.4 Å². The minimum atomic E-state index is -4.48. The van der Waals surface area contributed by atoms with E-state index in [1.807, 2.05) is 0 Å². The maximum Gasteiger partial charge on any atom is 0.406 e. The summed E-state index contributed by atoms with van der Waals surface area (Å²) in [6.45, 7) is -1.33. The zero-order valence-corrected chi connectivity index (χ0v) is 11.3. The summed E-state index contributed by atoms with van der Waals surface area (Å²) in [4.78, 5) is 12.5. The third-order valence-corrected chi connectivity index (χ3v) is 3.71. The van der Waals surface area contributed by atoms with Gasteiger partial charge < -0.3 is 10.6 Å². The highest BCUT2D eigenvalue weighted by atomic mass is 32.2. The number of hydrogen-bond acceptors (Lipinski definition) is 4. The van der Waals surface area contributed by atoms with Crippen LogP contribution in [0.15, 0.2) is 0 Å². The molecule has 5 nitrogen and oxygen atoms in total. The number of rotatable bonds is 6. The van der Waals surface area contributed by atoms with E-state index in [1.165, 1.54) is 0 Å². The van der Waals surface area contributed by atoms with E-state index in [-0.39, 0.29) is 12.2 Å². The first-order valence-electron chi connectivity index (χ1n) is 5.80. The third kappa shape index (κ3) is 6.24. The molecule has 0 aromatic rings. The Morgan fingerprint density at radius 1 is 1.42 bits per heavy atom. The van der Waals surface area contributed by atoms with Gasteiger partial charge >= 0.3 is 6.18 Å². The quantitative estimate of drug-likeness (QED) is 0.765. The summed E-state index contributed by atoms with van der Waals surface area (Å²) < 4.78 is 59.0. The standard InChI is InChI=1S/C10H17F3N2O3S/c1-19(17,18)5-4-8(14)9(16)15(7-2-3-7)6-10(11,12)13/h7-8H,2-6,14H2,1H3. The van der Waals surface area contributed by atoms with Crippen LogP contribution in [0.1, 0.15) is 19.3 Å². The molecule has 1 fully saturated rings. The van der Waals surface area contributed by atoms with Gasteiger partial charge in [-0.05, 0) is 19.3 Å². The van der Waals surface area contributed by atoms with Gasteiger partial charge in [0.15, 0.2) is 0 Å². The van der Waals surface area contributed by atoms with Crippen molar-refractivity contribution >= 4 is 15.7 Å². The van der Waals surface area contributed by atoms with Gasteiger partial charge in [0.1, 0.15) is 16.4 Å². The number of nitrogens with zero attached hydrogens (tertiary/aromatic N) is 1. The topological polar surface area (TPSA) is 80.5 Å². The van der Waals surface area contributed by atoms with Gasteiger partial charge in [-0.3, -0.25) is 4.79 Å². The maximum absolute atomic E-state index is 12.4. The monoisotopic (exact) mass is 302 g/mol. The van der Waals surface area contributed by atoms with Crippen molar-refractivity contribution in [1.29, 1.82) is 0 Å². The number of halogens is 3. The summed E-state index contributed by atoms with van der Waals surface area (Å²) in [7, 11) is -3.29. The van der Waals surface area contributed by atoms with Crippen molar-refractivity contribution in [2.45, 2.75) is 37.5 Å². The smallest absolute Gasteiger partial charge is 0.329 e. The molecule has 9 heteroatoms. The molecule has 0 heterocycles. The molecule has 0 aromatic heterocycles. The minimum Gasteiger partial charge on any atom is -0.329 e. The zero-order chi connectivity index (χ0) is 14.8. The van der Waals surface area contributed by atoms with Gasteiger partial charge in [-0.2, -0.15) is 13.2 Å². The first-order valence-corrected chi connectivity index (χ1v) is 7.86. The van der Waals surface area contributed by atoms with Gasteiger partial charge in [0, 0.05) is 12.3 Å². The zero-order valence-electron chi connectivity index (χ0n) is 10.5. The summed E-state index contributed by atoms with van der Waals surface area (Å²) >= 11 is 0. The molecule has 0 bridgehead atoms. The molecule has 1 saturated carbocycles. The molecule has 1 amide bonds. The van der Waals surface area contributed by atoms with E-state index >= 15 is 0 Å². The van der Waals surface area contributed by atoms with Crippen LogP contribution in [0.4, 0.5) is 13.2 Å². The van der Waals surface area contributed by atoms with E-state index in [0.29, 0.717) is 17.7 Å². The summed E-state index contributed by atoms with van der Waals surface area (Å²) in [6, 6.07) is -1.63. The highest BCUT2D eigenvalue weighted by molar-refractivity contribution is 7.90. The number of sulfone groups is 1. The molecule has 0 radical (unpaired) electrons. The number of carbonyl (C=O) groups is 1. The molecule has 0 saturated heterocycles. The first kappa shape index (κ1) is 16.2. The number of nitrogens with two attached hydrogens (primary N) is 1. The van der Waals surface area contributed by atoms with Crippen molar-refractivity contribution in [2.75, 3.05) is 18.6 Å². The Kier molecular flexibility index (Phi) is 4.83. The van der Waals surface area contributed by atoms with Crippen molar-refractivity contribution in [1.82, 2.24) is 4.90 Å². The Labute approximate surface area is 109 Å². The number of hydrogen-bond donors (Lipinski definition) is 1. The second-order valence-corrected chi connectivity index (χ2v) is 7.10. The highest BCUT2D eigenvalue weighted by Gasteiger charge is 2.41. The van der Waals surface area contributed by atoms with Gasteiger partial charge in [-0.25, -0.2) is 8.42 Å². The van der Waals surface area contributed by atoms with Crippen molar-refractivity contribution in [3.8, 4) is 0 Å². The van der Waals surface area contributed by atoms with Gasteiger partial charge in [0.25, 0.3) is 0 Å². The van der Waals surface area contributed by atoms with Crippen LogP contribution in [0.5, 0.6) is 0 Å². The molecule has 1 atom stereocenters. The second-order valence-electron chi connectivity index (χ2n) is 4.84. The predicted octanol–water partition coefficient (Wildman–Crippen LogP) is 0.302. The SMILES string of the molecule is CS(=O)(=O)CCC(N)C(=O)N(CC(F)(F)F)C1CC1. The van der Waals surface area contributed by atoms with Crippen LogP contribution in [0.2, 0.25) is 0 Å². The van der Waals surface area contributed by atoms with E-state index in [2.05, 4.69) is 0 Å². The van der Waals surface area contributed by atoms with Crippen LogP contribution in [0, 0.1) is 0 Å². The normalized spacial score (nSPS) is 18.2. The van der Waals surface area contributed by atoms with E-state index < -0.39 is 40.5 Å². The van der Waals surface area contributed by atoms with Gasteiger partial charge in [0.05, 0.1) is 11.8 Å². The molecule has 2 N–H and O–H groups in total. The van der Waals surface area contributed by atoms with Crippen molar-refractivity contribution in [2.24, 2.45) is 5.73 Å². The number of amides is 1. The molecule has 0 aliphatic heterocycles. The molecular formula is C10H17F3N2O3S. The Morgan fingerprint density at radius 3 is 2.32 bits per heavy atom. The average molecular weight is 302 g/mol. The fourth-order valence-electron chi connectivity index (χ4n) is 1.64. The number of alkyl halides is 3. The molecule has 0 aromatic carbocycles. The Bertz CT molecular complexity index is 432. The van der Waals surface area contributed by atoms with E-state index in [0.717, 1.165) is 6.26 Å². The molecular weight excluding hydrogens is 285 g/mol. The predicted molar refractivity (Wildman–Crippen MR) is 63.1 cm³/mol. The van der Waals surface area contributed by atoms with Gasteiger partial charge in [-0.15, -0.1) is 0 Å². The summed E-state index contributed by atoms with van der Waals surface area (Å²) in [5, 5.41) is 0. The molecule has 112 valence electrons. The van der Waals surface area contributed by atoms with E-state index in [1.54, 1.807) is 0 Å². The molecule has 1 aliphatic rings. The Morgan fingerprint density at radius 2 is 1.95 bits per heavy atom. The maximum atomic E-state index is 12.4. The second kappa shape index (κ2) is 5.66. The van der Waals surface area contributed by atoms with Gasteiger partial charge in [0.2, 0.25) is 5.91 Å².